The van der Waals surface area contributed by atoms with E-state index in [9.17, 15) is 4.79 Å². The Morgan fingerprint density at radius 3 is 2.62 bits per heavy atom. The van der Waals surface area contributed by atoms with Crippen LogP contribution < -0.4 is 5.32 Å². The van der Waals surface area contributed by atoms with E-state index in [4.69, 9.17) is 9.47 Å². The molecule has 0 aromatic carbocycles. The molecule has 1 aliphatic heterocycles. The lowest BCUT2D eigenvalue weighted by Crippen LogP contribution is -2.42. The van der Waals surface area contributed by atoms with Gasteiger partial charge >= 0.3 is 6.09 Å². The van der Waals surface area contributed by atoms with Crippen LogP contribution in [0, 0.1) is 0 Å². The summed E-state index contributed by atoms with van der Waals surface area (Å²) in [7, 11) is 1.90. The number of hydrogen-bond donors (Lipinski definition) is 1. The Morgan fingerprint density at radius 2 is 2.23 bits per heavy atom. The first-order valence-electron chi connectivity index (χ1n) is 4.49. The average Bonchev–Trinajstić information content (AvgIpc) is 2.60. The summed E-state index contributed by atoms with van der Waals surface area (Å²) in [6, 6.07) is 0. The molecule has 0 aliphatic carbocycles. The molecule has 1 heterocycles. The van der Waals surface area contributed by atoms with Gasteiger partial charge in [-0.3, -0.25) is 0 Å². The minimum Gasteiger partial charge on any atom is -0.444 e. The van der Waals surface area contributed by atoms with Gasteiger partial charge < -0.3 is 14.8 Å². The number of epoxide rings is 1. The molecule has 1 aliphatic rings. The molecule has 13 heavy (non-hydrogen) atoms. The maximum Gasteiger partial charge on any atom is 0.407 e. The molecule has 1 fully saturated rings. The molecule has 5 heteroatoms. The quantitative estimate of drug-likeness (QED) is 0.481. The second-order valence-corrected chi connectivity index (χ2v) is 4.31. The van der Waals surface area contributed by atoms with Crippen LogP contribution in [-0.2, 0) is 9.47 Å². The number of nitrogens with one attached hydrogen (secondary N) is 1. The van der Waals surface area contributed by atoms with Gasteiger partial charge in [-0.2, -0.15) is 0 Å². The lowest BCUT2D eigenvalue weighted by molar-refractivity contribution is 0.0515. The summed E-state index contributed by atoms with van der Waals surface area (Å²) >= 11 is 0. The topological polar surface area (TPSA) is 50.9 Å². The van der Waals surface area contributed by atoms with Crippen LogP contribution >= 0.6 is 0 Å². The Morgan fingerprint density at radius 1 is 1.69 bits per heavy atom. The van der Waals surface area contributed by atoms with E-state index in [0.717, 1.165) is 6.61 Å². The van der Waals surface area contributed by atoms with Crippen molar-refractivity contribution in [2.45, 2.75) is 38.4 Å². The van der Waals surface area contributed by atoms with Crippen LogP contribution in [0.25, 0.3) is 0 Å². The van der Waals surface area contributed by atoms with Gasteiger partial charge in [-0.05, 0) is 20.8 Å². The van der Waals surface area contributed by atoms with Crippen LogP contribution in [0.1, 0.15) is 20.8 Å². The molecule has 1 saturated heterocycles. The van der Waals surface area contributed by atoms with Crippen molar-refractivity contribution in [1.82, 2.24) is 5.32 Å². The van der Waals surface area contributed by atoms with Gasteiger partial charge in [0.2, 0.25) is 0 Å². The standard InChI is InChI=1S/C8H16BNO3/c1-8(2,3)13-7(11)10-6(9)5-4-12-5/h5-6H,4,9H2,1-3H3,(H,10,11). The zero-order chi connectivity index (χ0) is 10.1. The molecule has 2 atom stereocenters. The third-order valence-electron chi connectivity index (χ3n) is 1.66. The van der Waals surface area contributed by atoms with E-state index in [1.165, 1.54) is 0 Å². The Bertz CT molecular complexity index is 198. The summed E-state index contributed by atoms with van der Waals surface area (Å²) in [5, 5.41) is 2.71. The Labute approximate surface area is 79.4 Å². The van der Waals surface area contributed by atoms with Crippen LogP contribution in [0.2, 0.25) is 0 Å². The number of amides is 1. The van der Waals surface area contributed by atoms with Gasteiger partial charge in [-0.15, -0.1) is 0 Å². The highest BCUT2D eigenvalue weighted by atomic mass is 16.6. The average molecular weight is 185 g/mol. The molecule has 0 radical (unpaired) electrons. The van der Waals surface area contributed by atoms with E-state index in [2.05, 4.69) is 5.32 Å². The van der Waals surface area contributed by atoms with E-state index in [0.29, 0.717) is 0 Å². The Balaban J connectivity index is 2.24. The Hall–Kier alpha value is -0.705. The fraction of sp³-hybridized carbons (Fsp3) is 0.875. The normalized spacial score (nSPS) is 23.5. The van der Waals surface area contributed by atoms with Crippen molar-refractivity contribution in [3.05, 3.63) is 0 Å². The molecule has 0 saturated carbocycles. The third-order valence-corrected chi connectivity index (χ3v) is 1.66. The number of ether oxygens (including phenoxy) is 2. The van der Waals surface area contributed by atoms with Crippen molar-refractivity contribution in [3.63, 3.8) is 0 Å². The summed E-state index contributed by atoms with van der Waals surface area (Å²) in [6.07, 6.45) is -0.206. The van der Waals surface area contributed by atoms with Crippen LogP contribution in [0.15, 0.2) is 0 Å². The summed E-state index contributed by atoms with van der Waals surface area (Å²) in [5.41, 5.74) is -0.436. The molecule has 2 unspecified atom stereocenters. The number of alkyl carbamates (subject to hydrolysis) is 1. The first-order chi connectivity index (χ1) is 5.88. The molecule has 1 amide bonds. The van der Waals surface area contributed by atoms with Gasteiger partial charge in [0, 0.05) is 5.94 Å². The minimum atomic E-state index is -0.436. The van der Waals surface area contributed by atoms with E-state index >= 15 is 0 Å². The third kappa shape index (κ3) is 4.17. The summed E-state index contributed by atoms with van der Waals surface area (Å²) in [5.74, 6) is 0.0369. The summed E-state index contributed by atoms with van der Waals surface area (Å²) < 4.78 is 10.1. The molecule has 0 aromatic rings. The van der Waals surface area contributed by atoms with Crippen LogP contribution in [0.4, 0.5) is 4.79 Å². The molecule has 4 nitrogen and oxygen atoms in total. The van der Waals surface area contributed by atoms with Crippen molar-refractivity contribution in [2.24, 2.45) is 0 Å². The zero-order valence-corrected chi connectivity index (χ0v) is 8.59. The minimum absolute atomic E-state index is 0.0369. The predicted molar refractivity (Wildman–Crippen MR) is 51.4 cm³/mol. The van der Waals surface area contributed by atoms with Crippen LogP contribution in [0.5, 0.6) is 0 Å². The second-order valence-electron chi connectivity index (χ2n) is 4.31. The highest BCUT2D eigenvalue weighted by Gasteiger charge is 2.31. The Kier molecular flexibility index (Phi) is 2.85. The van der Waals surface area contributed by atoms with Crippen molar-refractivity contribution in [3.8, 4) is 0 Å². The van der Waals surface area contributed by atoms with Crippen molar-refractivity contribution in [2.75, 3.05) is 6.61 Å². The predicted octanol–water partition coefficient (Wildman–Crippen LogP) is -0.131. The van der Waals surface area contributed by atoms with Crippen molar-refractivity contribution >= 4 is 13.9 Å². The molecule has 1 rings (SSSR count). The van der Waals surface area contributed by atoms with Crippen molar-refractivity contribution in [1.29, 1.82) is 0 Å². The monoisotopic (exact) mass is 185 g/mol. The van der Waals surface area contributed by atoms with E-state index in [1.54, 1.807) is 0 Å². The van der Waals surface area contributed by atoms with Crippen molar-refractivity contribution < 1.29 is 14.3 Å². The fourth-order valence-corrected chi connectivity index (χ4v) is 0.931. The van der Waals surface area contributed by atoms with E-state index in [1.807, 2.05) is 28.6 Å². The van der Waals surface area contributed by atoms with Gasteiger partial charge in [0.1, 0.15) is 13.4 Å². The number of rotatable bonds is 2. The second kappa shape index (κ2) is 3.58. The first kappa shape index (κ1) is 10.4. The van der Waals surface area contributed by atoms with E-state index in [-0.39, 0.29) is 18.1 Å². The molecule has 0 bridgehead atoms. The number of carbonyl (C=O) groups is 1. The SMILES string of the molecule is BC(NC(=O)OC(C)(C)C)C1CO1. The van der Waals surface area contributed by atoms with Gasteiger partial charge in [0.25, 0.3) is 0 Å². The molecule has 1 N–H and O–H groups in total. The van der Waals surface area contributed by atoms with Gasteiger partial charge in [-0.1, -0.05) is 0 Å². The van der Waals surface area contributed by atoms with Crippen LogP contribution in [0.3, 0.4) is 0 Å². The van der Waals surface area contributed by atoms with Gasteiger partial charge in [0.05, 0.1) is 12.7 Å². The zero-order valence-electron chi connectivity index (χ0n) is 8.59. The maximum atomic E-state index is 11.2. The molecular formula is C8H16BNO3. The smallest absolute Gasteiger partial charge is 0.407 e. The maximum absolute atomic E-state index is 11.2. The van der Waals surface area contributed by atoms with Gasteiger partial charge in [0.15, 0.2) is 0 Å². The van der Waals surface area contributed by atoms with Crippen LogP contribution in [-0.4, -0.2) is 38.2 Å². The summed E-state index contributed by atoms with van der Waals surface area (Å²) in [4.78, 5) is 11.2. The lowest BCUT2D eigenvalue weighted by atomic mass is 9.94. The molecular weight excluding hydrogens is 169 g/mol. The number of hydrogen-bond acceptors (Lipinski definition) is 3. The lowest BCUT2D eigenvalue weighted by Gasteiger charge is -2.21. The van der Waals surface area contributed by atoms with Gasteiger partial charge in [-0.25, -0.2) is 4.79 Å². The largest absolute Gasteiger partial charge is 0.444 e. The highest BCUT2D eigenvalue weighted by molar-refractivity contribution is 6.13. The molecule has 0 spiro atoms. The fourth-order valence-electron chi connectivity index (χ4n) is 0.931. The highest BCUT2D eigenvalue weighted by Crippen LogP contribution is 2.12. The summed E-state index contributed by atoms with van der Waals surface area (Å²) in [6.45, 7) is 6.25. The molecule has 0 aromatic heterocycles. The number of carbonyl (C=O) groups excluding carboxylic acids is 1. The van der Waals surface area contributed by atoms with E-state index < -0.39 is 5.60 Å². The molecule has 74 valence electrons. The first-order valence-corrected chi connectivity index (χ1v) is 4.49.